The van der Waals surface area contributed by atoms with E-state index >= 15 is 0 Å². The summed E-state index contributed by atoms with van der Waals surface area (Å²) in [4.78, 5) is 32.5. The van der Waals surface area contributed by atoms with Gasteiger partial charge in [-0.2, -0.15) is 0 Å². The highest BCUT2D eigenvalue weighted by Gasteiger charge is 2.36. The van der Waals surface area contributed by atoms with Crippen LogP contribution in [0.15, 0.2) is 88.3 Å². The molecule has 0 aromatic heterocycles. The van der Waals surface area contributed by atoms with Crippen LogP contribution in [-0.4, -0.2) is 34.2 Å². The number of para-hydroxylation sites is 1. The fourth-order valence-electron chi connectivity index (χ4n) is 3.31. The summed E-state index contributed by atoms with van der Waals surface area (Å²) in [6.07, 6.45) is 0.0917. The van der Waals surface area contributed by atoms with Gasteiger partial charge in [-0.3, -0.25) is 14.5 Å². The minimum Gasteiger partial charge on any atom is -0.497 e. The molecule has 1 heterocycles. The number of anilines is 1. The molecular weight excluding hydrogens is 502 g/mol. The Balaban J connectivity index is 1.57. The predicted octanol–water partition coefficient (Wildman–Crippen LogP) is 5.62. The average Bonchev–Trinajstić information content (AvgIpc) is 2.82. The maximum absolute atomic E-state index is 13.2. The third kappa shape index (κ3) is 6.03. The van der Waals surface area contributed by atoms with E-state index in [1.165, 1.54) is 11.8 Å². The lowest BCUT2D eigenvalue weighted by molar-refractivity contribution is -0.129. The van der Waals surface area contributed by atoms with Crippen LogP contribution in [-0.2, 0) is 16.1 Å². The molecule has 0 aliphatic carbocycles. The molecule has 3 aromatic rings. The number of hydrogen-bond donors (Lipinski definition) is 1. The van der Waals surface area contributed by atoms with Crippen molar-refractivity contribution in [3.8, 4) is 5.75 Å². The quantitative estimate of drug-likeness (QED) is 0.455. The Labute approximate surface area is 205 Å². The monoisotopic (exact) mass is 523 g/mol. The van der Waals surface area contributed by atoms with Gasteiger partial charge in [-0.15, -0.1) is 0 Å². The number of thioether (sulfide) groups is 1. The molecule has 0 radical (unpaired) electrons. The number of nitrogens with zero attached hydrogens (tertiary/aromatic N) is 2. The lowest BCUT2D eigenvalue weighted by atomic mass is 10.2. The highest BCUT2D eigenvalue weighted by molar-refractivity contribution is 9.10. The number of amidine groups is 1. The van der Waals surface area contributed by atoms with Crippen LogP contribution < -0.4 is 10.1 Å². The van der Waals surface area contributed by atoms with Gasteiger partial charge in [-0.1, -0.05) is 64.1 Å². The maximum Gasteiger partial charge on any atom is 0.238 e. The third-order valence-corrected chi connectivity index (χ3v) is 6.69. The van der Waals surface area contributed by atoms with Gasteiger partial charge in [0, 0.05) is 16.6 Å². The molecule has 1 atom stereocenters. The summed E-state index contributed by atoms with van der Waals surface area (Å²) in [6.45, 7) is 0.363. The van der Waals surface area contributed by atoms with E-state index < -0.39 is 5.25 Å². The fourth-order valence-corrected chi connectivity index (χ4v) is 4.81. The van der Waals surface area contributed by atoms with Gasteiger partial charge in [0.25, 0.3) is 0 Å². The Kier molecular flexibility index (Phi) is 7.47. The highest BCUT2D eigenvalue weighted by Crippen LogP contribution is 2.31. The molecule has 3 aromatic carbocycles. The number of amides is 2. The first-order valence-electron chi connectivity index (χ1n) is 10.3. The van der Waals surface area contributed by atoms with E-state index in [0.29, 0.717) is 17.4 Å². The Bertz CT molecular complexity index is 1170. The molecule has 0 bridgehead atoms. The molecule has 2 amide bonds. The highest BCUT2D eigenvalue weighted by atomic mass is 79.9. The van der Waals surface area contributed by atoms with Crippen molar-refractivity contribution in [1.29, 1.82) is 0 Å². The van der Waals surface area contributed by atoms with Crippen molar-refractivity contribution in [2.45, 2.75) is 18.2 Å². The SMILES string of the molecule is COc1ccc(CN2C(=O)CC(C(=O)Nc3cccc(Br)c3)SC2=Nc2ccccc2)cc1. The largest absolute Gasteiger partial charge is 0.497 e. The number of rotatable bonds is 6. The van der Waals surface area contributed by atoms with E-state index in [4.69, 9.17) is 9.73 Å². The van der Waals surface area contributed by atoms with Crippen molar-refractivity contribution < 1.29 is 14.3 Å². The van der Waals surface area contributed by atoms with Gasteiger partial charge < -0.3 is 10.1 Å². The molecule has 0 saturated carbocycles. The lowest BCUT2D eigenvalue weighted by Gasteiger charge is -2.32. The van der Waals surface area contributed by atoms with Gasteiger partial charge in [-0.05, 0) is 48.0 Å². The molecule has 6 nitrogen and oxygen atoms in total. The number of carbonyl (C=O) groups is 2. The first-order chi connectivity index (χ1) is 16.0. The van der Waals surface area contributed by atoms with Crippen molar-refractivity contribution in [1.82, 2.24) is 4.90 Å². The molecular formula is C25H22BrN3O3S. The Morgan fingerprint density at radius 1 is 1.12 bits per heavy atom. The number of ether oxygens (including phenoxy) is 1. The van der Waals surface area contributed by atoms with E-state index in [0.717, 1.165) is 21.5 Å². The minimum atomic E-state index is -0.578. The van der Waals surface area contributed by atoms with Gasteiger partial charge in [0.2, 0.25) is 11.8 Å². The fraction of sp³-hybridized carbons (Fsp3) is 0.160. The number of halogens is 1. The molecule has 1 aliphatic rings. The predicted molar refractivity (Wildman–Crippen MR) is 136 cm³/mol. The van der Waals surface area contributed by atoms with Crippen LogP contribution in [0.5, 0.6) is 5.75 Å². The third-order valence-electron chi connectivity index (χ3n) is 5.00. The van der Waals surface area contributed by atoms with Gasteiger partial charge in [0.1, 0.15) is 11.0 Å². The van der Waals surface area contributed by atoms with Gasteiger partial charge in [-0.25, -0.2) is 4.99 Å². The Morgan fingerprint density at radius 2 is 1.88 bits per heavy atom. The van der Waals surface area contributed by atoms with E-state index in [-0.39, 0.29) is 18.2 Å². The van der Waals surface area contributed by atoms with Gasteiger partial charge in [0.05, 0.1) is 19.3 Å². The Hall–Kier alpha value is -3.10. The molecule has 33 heavy (non-hydrogen) atoms. The number of aliphatic imine (C=N–C) groups is 1. The van der Waals surface area contributed by atoms with Crippen molar-refractivity contribution in [2.24, 2.45) is 4.99 Å². The number of methoxy groups -OCH3 is 1. The summed E-state index contributed by atoms with van der Waals surface area (Å²) < 4.78 is 6.09. The average molecular weight is 524 g/mol. The van der Waals surface area contributed by atoms with Crippen LogP contribution in [0.4, 0.5) is 11.4 Å². The summed E-state index contributed by atoms with van der Waals surface area (Å²) >= 11 is 4.71. The summed E-state index contributed by atoms with van der Waals surface area (Å²) in [7, 11) is 1.61. The molecule has 4 rings (SSSR count). The van der Waals surface area contributed by atoms with E-state index in [1.54, 1.807) is 12.0 Å². The number of nitrogens with one attached hydrogen (secondary N) is 1. The molecule has 168 valence electrons. The summed E-state index contributed by atoms with van der Waals surface area (Å²) in [5, 5.41) is 2.83. The second-order valence-electron chi connectivity index (χ2n) is 7.37. The molecule has 1 fully saturated rings. The first-order valence-corrected chi connectivity index (χ1v) is 12.0. The van der Waals surface area contributed by atoms with Crippen LogP contribution in [0.25, 0.3) is 0 Å². The summed E-state index contributed by atoms with van der Waals surface area (Å²) in [6, 6.07) is 24.4. The van der Waals surface area contributed by atoms with E-state index in [1.807, 2.05) is 78.9 Å². The molecule has 1 aliphatic heterocycles. The zero-order valence-corrected chi connectivity index (χ0v) is 20.3. The zero-order valence-electron chi connectivity index (χ0n) is 17.9. The molecule has 8 heteroatoms. The second kappa shape index (κ2) is 10.7. The van der Waals surface area contributed by atoms with Crippen LogP contribution in [0, 0.1) is 0 Å². The molecule has 1 unspecified atom stereocenters. The number of benzene rings is 3. The van der Waals surface area contributed by atoms with Crippen LogP contribution in [0.2, 0.25) is 0 Å². The van der Waals surface area contributed by atoms with Crippen LogP contribution in [0.1, 0.15) is 12.0 Å². The zero-order chi connectivity index (χ0) is 23.2. The first kappa shape index (κ1) is 23.1. The molecule has 0 spiro atoms. The van der Waals surface area contributed by atoms with E-state index in [9.17, 15) is 9.59 Å². The topological polar surface area (TPSA) is 71.0 Å². The normalized spacial score (nSPS) is 17.2. The minimum absolute atomic E-state index is 0.0917. The van der Waals surface area contributed by atoms with E-state index in [2.05, 4.69) is 21.2 Å². The molecule has 1 saturated heterocycles. The smallest absolute Gasteiger partial charge is 0.238 e. The summed E-state index contributed by atoms with van der Waals surface area (Å²) in [5.41, 5.74) is 2.34. The summed E-state index contributed by atoms with van der Waals surface area (Å²) in [5.74, 6) is 0.380. The number of hydrogen-bond acceptors (Lipinski definition) is 5. The standard InChI is InChI=1S/C25H22BrN3O3S/c1-32-21-12-10-17(11-13-21)16-29-23(30)15-22(24(31)27-20-9-5-6-18(26)14-20)33-25(29)28-19-7-3-2-4-8-19/h2-14,22H,15-16H2,1H3,(H,27,31). The van der Waals surface area contributed by atoms with Crippen LogP contribution in [0.3, 0.4) is 0 Å². The van der Waals surface area contributed by atoms with Crippen molar-refractivity contribution in [3.63, 3.8) is 0 Å². The van der Waals surface area contributed by atoms with Gasteiger partial charge in [0.15, 0.2) is 5.17 Å². The lowest BCUT2D eigenvalue weighted by Crippen LogP contribution is -2.44. The Morgan fingerprint density at radius 3 is 2.58 bits per heavy atom. The van der Waals surface area contributed by atoms with Crippen molar-refractivity contribution in [2.75, 3.05) is 12.4 Å². The van der Waals surface area contributed by atoms with Crippen molar-refractivity contribution in [3.05, 3.63) is 88.9 Å². The van der Waals surface area contributed by atoms with Gasteiger partial charge >= 0.3 is 0 Å². The second-order valence-corrected chi connectivity index (χ2v) is 9.45. The number of carbonyl (C=O) groups excluding carboxylic acids is 2. The van der Waals surface area contributed by atoms with Crippen LogP contribution >= 0.6 is 27.7 Å². The van der Waals surface area contributed by atoms with Crippen molar-refractivity contribution >= 4 is 56.0 Å². The molecule has 1 N–H and O–H groups in total. The maximum atomic E-state index is 13.2.